The number of halogens is 1. The highest BCUT2D eigenvalue weighted by Gasteiger charge is 2.19. The van der Waals surface area contributed by atoms with Gasteiger partial charge >= 0.3 is 0 Å². The van der Waals surface area contributed by atoms with Crippen LogP contribution in [0.2, 0.25) is 0 Å². The summed E-state index contributed by atoms with van der Waals surface area (Å²) in [6.45, 7) is 6.03. The summed E-state index contributed by atoms with van der Waals surface area (Å²) in [5.74, 6) is 1.09. The third-order valence-electron chi connectivity index (χ3n) is 3.83. The first kappa shape index (κ1) is 14.2. The number of hydrogen-bond acceptors (Lipinski definition) is 4. The molecule has 1 fully saturated rings. The Morgan fingerprint density at radius 3 is 2.48 bits per heavy atom. The molecular formula is C16H19BrN4. The zero-order valence-electron chi connectivity index (χ0n) is 12.1. The van der Waals surface area contributed by atoms with Gasteiger partial charge in [-0.05, 0) is 52.7 Å². The van der Waals surface area contributed by atoms with Gasteiger partial charge in [-0.25, -0.2) is 4.98 Å². The second-order valence-corrected chi connectivity index (χ2v) is 6.28. The molecule has 5 heteroatoms. The molecule has 110 valence electrons. The van der Waals surface area contributed by atoms with Crippen molar-refractivity contribution in [1.82, 2.24) is 4.98 Å². The van der Waals surface area contributed by atoms with Crippen molar-refractivity contribution in [3.8, 4) is 0 Å². The Balaban J connectivity index is 1.70. The van der Waals surface area contributed by atoms with Crippen molar-refractivity contribution < 1.29 is 0 Å². The number of nitrogens with two attached hydrogens (primary N) is 1. The second kappa shape index (κ2) is 5.93. The smallest absolute Gasteiger partial charge is 0.131 e. The lowest BCUT2D eigenvalue weighted by molar-refractivity contribution is 0.646. The number of benzene rings is 1. The molecule has 0 atom stereocenters. The maximum absolute atomic E-state index is 5.87. The quantitative estimate of drug-likeness (QED) is 0.849. The van der Waals surface area contributed by atoms with E-state index in [2.05, 4.69) is 49.8 Å². The first-order chi connectivity index (χ1) is 10.1. The summed E-state index contributed by atoms with van der Waals surface area (Å²) >= 11 is 3.47. The van der Waals surface area contributed by atoms with Crippen molar-refractivity contribution in [2.45, 2.75) is 6.92 Å². The van der Waals surface area contributed by atoms with Gasteiger partial charge in [0.25, 0.3) is 0 Å². The van der Waals surface area contributed by atoms with E-state index in [1.165, 1.54) is 11.3 Å². The Hall–Kier alpha value is -1.75. The first-order valence-electron chi connectivity index (χ1n) is 7.11. The fourth-order valence-corrected chi connectivity index (χ4v) is 3.21. The van der Waals surface area contributed by atoms with Crippen LogP contribution in [-0.4, -0.2) is 31.2 Å². The van der Waals surface area contributed by atoms with Gasteiger partial charge in [-0.1, -0.05) is 6.07 Å². The minimum Gasteiger partial charge on any atom is -0.399 e. The molecule has 1 aliphatic heterocycles. The molecule has 3 rings (SSSR count). The zero-order chi connectivity index (χ0) is 14.8. The lowest BCUT2D eigenvalue weighted by atomic mass is 10.2. The minimum absolute atomic E-state index is 0.820. The molecule has 2 N–H and O–H groups in total. The van der Waals surface area contributed by atoms with Crippen molar-refractivity contribution in [1.29, 1.82) is 0 Å². The van der Waals surface area contributed by atoms with Crippen molar-refractivity contribution in [2.75, 3.05) is 41.7 Å². The van der Waals surface area contributed by atoms with Crippen LogP contribution in [-0.2, 0) is 0 Å². The summed E-state index contributed by atoms with van der Waals surface area (Å²) in [5, 5.41) is 0. The monoisotopic (exact) mass is 346 g/mol. The third-order valence-corrected chi connectivity index (χ3v) is 4.27. The van der Waals surface area contributed by atoms with E-state index in [1.54, 1.807) is 0 Å². The summed E-state index contributed by atoms with van der Waals surface area (Å²) in [6.07, 6.45) is 1.87. The molecule has 0 bridgehead atoms. The molecule has 1 saturated heterocycles. The normalized spacial score (nSPS) is 15.3. The molecular weight excluding hydrogens is 328 g/mol. The van der Waals surface area contributed by atoms with Crippen molar-refractivity contribution in [3.63, 3.8) is 0 Å². The standard InChI is InChI=1S/C16H19BrN4/c1-12-9-13(17)11-19-16(12)21-7-5-20(6-8-21)15-4-2-3-14(18)10-15/h2-4,9-11H,5-8,18H2,1H3. The number of rotatable bonds is 2. The van der Waals surface area contributed by atoms with Crippen LogP contribution in [0, 0.1) is 6.92 Å². The van der Waals surface area contributed by atoms with Crippen molar-refractivity contribution in [3.05, 3.63) is 46.6 Å². The van der Waals surface area contributed by atoms with E-state index in [-0.39, 0.29) is 0 Å². The highest BCUT2D eigenvalue weighted by molar-refractivity contribution is 9.10. The largest absolute Gasteiger partial charge is 0.399 e. The SMILES string of the molecule is Cc1cc(Br)cnc1N1CCN(c2cccc(N)c2)CC1. The van der Waals surface area contributed by atoms with Gasteiger partial charge < -0.3 is 15.5 Å². The van der Waals surface area contributed by atoms with E-state index in [9.17, 15) is 0 Å². The maximum atomic E-state index is 5.87. The summed E-state index contributed by atoms with van der Waals surface area (Å²) in [6, 6.07) is 10.2. The van der Waals surface area contributed by atoms with Crippen LogP contribution < -0.4 is 15.5 Å². The topological polar surface area (TPSA) is 45.4 Å². The maximum Gasteiger partial charge on any atom is 0.131 e. The summed E-state index contributed by atoms with van der Waals surface area (Å²) in [7, 11) is 0. The van der Waals surface area contributed by atoms with Gasteiger partial charge in [-0.15, -0.1) is 0 Å². The molecule has 2 heterocycles. The fraction of sp³-hybridized carbons (Fsp3) is 0.312. The van der Waals surface area contributed by atoms with Crippen molar-refractivity contribution in [2.24, 2.45) is 0 Å². The van der Waals surface area contributed by atoms with Crippen LogP contribution in [0.1, 0.15) is 5.56 Å². The number of aryl methyl sites for hydroxylation is 1. The van der Waals surface area contributed by atoms with Gasteiger partial charge in [0.2, 0.25) is 0 Å². The predicted molar refractivity (Wildman–Crippen MR) is 92.0 cm³/mol. The number of nitrogen functional groups attached to an aromatic ring is 1. The number of pyridine rings is 1. The molecule has 4 nitrogen and oxygen atoms in total. The molecule has 1 aromatic heterocycles. The number of piperazine rings is 1. The average molecular weight is 347 g/mol. The van der Waals surface area contributed by atoms with Crippen LogP contribution in [0.25, 0.3) is 0 Å². The lowest BCUT2D eigenvalue weighted by Crippen LogP contribution is -2.47. The first-order valence-corrected chi connectivity index (χ1v) is 7.90. The summed E-state index contributed by atoms with van der Waals surface area (Å²) in [4.78, 5) is 9.28. The van der Waals surface area contributed by atoms with E-state index in [1.807, 2.05) is 24.4 Å². The number of nitrogens with zero attached hydrogens (tertiary/aromatic N) is 3. The molecule has 1 aromatic carbocycles. The molecule has 2 aromatic rings. The molecule has 0 radical (unpaired) electrons. The molecule has 0 aliphatic carbocycles. The Morgan fingerprint density at radius 2 is 1.81 bits per heavy atom. The van der Waals surface area contributed by atoms with E-state index < -0.39 is 0 Å². The van der Waals surface area contributed by atoms with Crippen LogP contribution >= 0.6 is 15.9 Å². The Bertz CT molecular complexity index is 636. The summed E-state index contributed by atoms with van der Waals surface area (Å²) in [5.41, 5.74) is 9.10. The molecule has 0 spiro atoms. The number of anilines is 3. The highest BCUT2D eigenvalue weighted by Crippen LogP contribution is 2.24. The highest BCUT2D eigenvalue weighted by atomic mass is 79.9. The fourth-order valence-electron chi connectivity index (χ4n) is 2.76. The molecule has 21 heavy (non-hydrogen) atoms. The predicted octanol–water partition coefficient (Wildman–Crippen LogP) is 3.06. The van der Waals surface area contributed by atoms with E-state index in [0.29, 0.717) is 0 Å². The van der Waals surface area contributed by atoms with Gasteiger partial charge in [0, 0.05) is 48.2 Å². The molecule has 0 saturated carbocycles. The molecule has 0 unspecified atom stereocenters. The number of hydrogen-bond donors (Lipinski definition) is 1. The van der Waals surface area contributed by atoms with E-state index in [0.717, 1.165) is 42.2 Å². The van der Waals surface area contributed by atoms with E-state index >= 15 is 0 Å². The lowest BCUT2D eigenvalue weighted by Gasteiger charge is -2.37. The Kier molecular flexibility index (Phi) is 4.01. The second-order valence-electron chi connectivity index (χ2n) is 5.36. The minimum atomic E-state index is 0.820. The van der Waals surface area contributed by atoms with Crippen LogP contribution in [0.15, 0.2) is 41.0 Å². The van der Waals surface area contributed by atoms with Crippen LogP contribution in [0.4, 0.5) is 17.2 Å². The van der Waals surface area contributed by atoms with Crippen LogP contribution in [0.3, 0.4) is 0 Å². The van der Waals surface area contributed by atoms with Gasteiger partial charge in [0.1, 0.15) is 5.82 Å². The Morgan fingerprint density at radius 1 is 1.10 bits per heavy atom. The van der Waals surface area contributed by atoms with Crippen molar-refractivity contribution >= 4 is 33.1 Å². The average Bonchev–Trinajstić information content (AvgIpc) is 2.47. The van der Waals surface area contributed by atoms with Gasteiger partial charge in [-0.3, -0.25) is 0 Å². The molecule has 1 aliphatic rings. The number of aromatic nitrogens is 1. The van der Waals surface area contributed by atoms with Gasteiger partial charge in [0.15, 0.2) is 0 Å². The van der Waals surface area contributed by atoms with Gasteiger partial charge in [-0.2, -0.15) is 0 Å². The summed E-state index contributed by atoms with van der Waals surface area (Å²) < 4.78 is 1.03. The van der Waals surface area contributed by atoms with E-state index in [4.69, 9.17) is 5.73 Å². The molecule has 0 amide bonds. The Labute approximate surface area is 133 Å². The third kappa shape index (κ3) is 3.13. The zero-order valence-corrected chi connectivity index (χ0v) is 13.7. The van der Waals surface area contributed by atoms with Crippen LogP contribution in [0.5, 0.6) is 0 Å². The van der Waals surface area contributed by atoms with Gasteiger partial charge in [0.05, 0.1) is 0 Å².